The Labute approximate surface area is 125 Å². The number of nitrogens with zero attached hydrogens (tertiary/aromatic N) is 1. The second-order valence-corrected chi connectivity index (χ2v) is 4.32. The van der Waals surface area contributed by atoms with Crippen molar-refractivity contribution in [2.45, 2.75) is 19.9 Å². The lowest BCUT2D eigenvalue weighted by molar-refractivity contribution is -0.119. The van der Waals surface area contributed by atoms with E-state index in [2.05, 4.69) is 20.9 Å². The molecule has 0 aromatic carbocycles. The third-order valence-electron chi connectivity index (χ3n) is 2.58. The standard InChI is InChI=1S/C14H24N4O3/c1-3-15-14(16-7-5-8-20-2)18-11-13(19)17-10-12-6-4-9-21-12/h4,6,9H,3,5,7-8,10-11H2,1-2H3,(H,17,19)(H2,15,16,18). The summed E-state index contributed by atoms with van der Waals surface area (Å²) in [6.07, 6.45) is 2.46. The Balaban J connectivity index is 2.28. The molecule has 1 aromatic rings. The Morgan fingerprint density at radius 3 is 2.90 bits per heavy atom. The second-order valence-electron chi connectivity index (χ2n) is 4.32. The summed E-state index contributed by atoms with van der Waals surface area (Å²) in [7, 11) is 1.67. The molecule has 0 atom stereocenters. The van der Waals surface area contributed by atoms with E-state index in [1.54, 1.807) is 19.4 Å². The lowest BCUT2D eigenvalue weighted by Crippen LogP contribution is -2.39. The third-order valence-corrected chi connectivity index (χ3v) is 2.58. The average molecular weight is 296 g/mol. The van der Waals surface area contributed by atoms with Gasteiger partial charge >= 0.3 is 0 Å². The summed E-state index contributed by atoms with van der Waals surface area (Å²) >= 11 is 0. The number of methoxy groups -OCH3 is 1. The van der Waals surface area contributed by atoms with Gasteiger partial charge in [0.1, 0.15) is 12.3 Å². The van der Waals surface area contributed by atoms with E-state index in [-0.39, 0.29) is 12.5 Å². The van der Waals surface area contributed by atoms with E-state index in [0.717, 1.165) is 25.3 Å². The summed E-state index contributed by atoms with van der Waals surface area (Å²) in [6.45, 7) is 4.59. The van der Waals surface area contributed by atoms with Gasteiger partial charge in [0.15, 0.2) is 5.96 Å². The van der Waals surface area contributed by atoms with Crippen LogP contribution in [-0.4, -0.2) is 45.2 Å². The van der Waals surface area contributed by atoms with Gasteiger partial charge in [0.25, 0.3) is 0 Å². The molecule has 7 heteroatoms. The van der Waals surface area contributed by atoms with Gasteiger partial charge < -0.3 is 25.1 Å². The maximum atomic E-state index is 11.7. The van der Waals surface area contributed by atoms with Crippen molar-refractivity contribution >= 4 is 11.9 Å². The number of guanidine groups is 1. The molecule has 0 unspecified atom stereocenters. The van der Waals surface area contributed by atoms with Crippen LogP contribution in [0.5, 0.6) is 0 Å². The zero-order chi connectivity index (χ0) is 15.3. The van der Waals surface area contributed by atoms with Crippen LogP contribution in [0.3, 0.4) is 0 Å². The fourth-order valence-corrected chi connectivity index (χ4v) is 1.57. The minimum absolute atomic E-state index is 0.0698. The molecule has 1 aromatic heterocycles. The van der Waals surface area contributed by atoms with Crippen LogP contribution >= 0.6 is 0 Å². The lowest BCUT2D eigenvalue weighted by atomic mass is 10.4. The van der Waals surface area contributed by atoms with Gasteiger partial charge in [-0.25, -0.2) is 4.99 Å². The number of furan rings is 1. The fraction of sp³-hybridized carbons (Fsp3) is 0.571. The highest BCUT2D eigenvalue weighted by atomic mass is 16.5. The molecule has 1 heterocycles. The first-order chi connectivity index (χ1) is 10.3. The van der Waals surface area contributed by atoms with Gasteiger partial charge in [-0.05, 0) is 25.5 Å². The topological polar surface area (TPSA) is 87.9 Å². The molecule has 0 radical (unpaired) electrons. The predicted molar refractivity (Wildman–Crippen MR) is 81.0 cm³/mol. The molecule has 1 rings (SSSR count). The number of ether oxygens (including phenoxy) is 1. The van der Waals surface area contributed by atoms with Gasteiger partial charge in [-0.15, -0.1) is 0 Å². The number of amides is 1. The molecule has 0 bridgehead atoms. The summed E-state index contributed by atoms with van der Waals surface area (Å²) in [5.41, 5.74) is 0. The van der Waals surface area contributed by atoms with Gasteiger partial charge in [0, 0.05) is 26.8 Å². The summed E-state index contributed by atoms with van der Waals surface area (Å²) in [5.74, 6) is 1.19. The first kappa shape index (κ1) is 17.0. The maximum Gasteiger partial charge on any atom is 0.242 e. The molecular weight excluding hydrogens is 272 g/mol. The second kappa shape index (κ2) is 10.7. The van der Waals surface area contributed by atoms with Gasteiger partial charge in [-0.3, -0.25) is 4.79 Å². The van der Waals surface area contributed by atoms with Crippen LogP contribution < -0.4 is 16.0 Å². The quantitative estimate of drug-likeness (QED) is 0.351. The van der Waals surface area contributed by atoms with E-state index in [0.29, 0.717) is 19.1 Å². The Kier molecular flexibility index (Phi) is 8.70. The van der Waals surface area contributed by atoms with E-state index >= 15 is 0 Å². The predicted octanol–water partition coefficient (Wildman–Crippen LogP) is 0.487. The largest absolute Gasteiger partial charge is 0.467 e. The molecule has 1 amide bonds. The van der Waals surface area contributed by atoms with Crippen molar-refractivity contribution in [3.05, 3.63) is 24.2 Å². The van der Waals surface area contributed by atoms with Crippen LogP contribution in [0.1, 0.15) is 19.1 Å². The van der Waals surface area contributed by atoms with E-state index in [1.807, 2.05) is 13.0 Å². The van der Waals surface area contributed by atoms with E-state index in [4.69, 9.17) is 9.15 Å². The zero-order valence-corrected chi connectivity index (χ0v) is 12.6. The Morgan fingerprint density at radius 1 is 1.38 bits per heavy atom. The van der Waals surface area contributed by atoms with Crippen LogP contribution in [0.2, 0.25) is 0 Å². The molecular formula is C14H24N4O3. The molecule has 0 saturated carbocycles. The van der Waals surface area contributed by atoms with Crippen LogP contribution in [-0.2, 0) is 16.1 Å². The number of carbonyl (C=O) groups is 1. The molecule has 0 spiro atoms. The Bertz CT molecular complexity index is 418. The first-order valence-corrected chi connectivity index (χ1v) is 7.06. The fourth-order valence-electron chi connectivity index (χ4n) is 1.57. The molecule has 0 saturated heterocycles. The van der Waals surface area contributed by atoms with E-state index in [1.165, 1.54) is 0 Å². The third kappa shape index (κ3) is 7.98. The van der Waals surface area contributed by atoms with Gasteiger partial charge in [0.2, 0.25) is 5.91 Å². The number of aliphatic imine (C=N–C) groups is 1. The SMILES string of the molecule is CCNC(=NCC(=O)NCc1ccco1)NCCCOC. The van der Waals surface area contributed by atoms with Gasteiger partial charge in [-0.1, -0.05) is 0 Å². The molecule has 0 aliphatic carbocycles. The lowest BCUT2D eigenvalue weighted by Gasteiger charge is -2.10. The molecule has 118 valence electrons. The monoisotopic (exact) mass is 296 g/mol. The number of carbonyl (C=O) groups excluding carboxylic acids is 1. The van der Waals surface area contributed by atoms with Gasteiger partial charge in [0.05, 0.1) is 12.8 Å². The van der Waals surface area contributed by atoms with Crippen LogP contribution in [0.15, 0.2) is 27.8 Å². The molecule has 0 fully saturated rings. The smallest absolute Gasteiger partial charge is 0.242 e. The number of hydrogen-bond donors (Lipinski definition) is 3. The summed E-state index contributed by atoms with van der Waals surface area (Å²) in [5, 5.41) is 8.97. The number of hydrogen-bond acceptors (Lipinski definition) is 4. The van der Waals surface area contributed by atoms with Gasteiger partial charge in [-0.2, -0.15) is 0 Å². The molecule has 21 heavy (non-hydrogen) atoms. The molecule has 0 aliphatic rings. The van der Waals surface area contributed by atoms with Crippen LogP contribution in [0.4, 0.5) is 0 Å². The minimum Gasteiger partial charge on any atom is -0.467 e. The Hall–Kier alpha value is -2.02. The van der Waals surface area contributed by atoms with Crippen molar-refractivity contribution in [3.63, 3.8) is 0 Å². The first-order valence-electron chi connectivity index (χ1n) is 7.06. The number of nitrogens with one attached hydrogen (secondary N) is 3. The highest BCUT2D eigenvalue weighted by molar-refractivity contribution is 5.84. The van der Waals surface area contributed by atoms with Crippen molar-refractivity contribution in [2.75, 3.05) is 33.4 Å². The highest BCUT2D eigenvalue weighted by Gasteiger charge is 2.03. The van der Waals surface area contributed by atoms with Crippen molar-refractivity contribution in [2.24, 2.45) is 4.99 Å². The van der Waals surface area contributed by atoms with Crippen molar-refractivity contribution in [1.82, 2.24) is 16.0 Å². The minimum atomic E-state index is -0.152. The summed E-state index contributed by atoms with van der Waals surface area (Å²) < 4.78 is 10.1. The zero-order valence-electron chi connectivity index (χ0n) is 12.6. The summed E-state index contributed by atoms with van der Waals surface area (Å²) in [4.78, 5) is 15.9. The molecule has 7 nitrogen and oxygen atoms in total. The Morgan fingerprint density at radius 2 is 2.24 bits per heavy atom. The van der Waals surface area contributed by atoms with Crippen molar-refractivity contribution in [1.29, 1.82) is 0 Å². The summed E-state index contributed by atoms with van der Waals surface area (Å²) in [6, 6.07) is 3.60. The maximum absolute atomic E-state index is 11.7. The van der Waals surface area contributed by atoms with Crippen LogP contribution in [0.25, 0.3) is 0 Å². The van der Waals surface area contributed by atoms with Crippen LogP contribution in [0, 0.1) is 0 Å². The number of rotatable bonds is 9. The van der Waals surface area contributed by atoms with Crippen molar-refractivity contribution in [3.8, 4) is 0 Å². The normalized spacial score (nSPS) is 11.2. The molecule has 3 N–H and O–H groups in total. The average Bonchev–Trinajstić information content (AvgIpc) is 3.00. The van der Waals surface area contributed by atoms with E-state index < -0.39 is 0 Å². The molecule has 0 aliphatic heterocycles. The van der Waals surface area contributed by atoms with Crippen molar-refractivity contribution < 1.29 is 13.9 Å². The van der Waals surface area contributed by atoms with E-state index in [9.17, 15) is 4.79 Å². The highest BCUT2D eigenvalue weighted by Crippen LogP contribution is 1.98.